The second kappa shape index (κ2) is 4.46. The van der Waals surface area contributed by atoms with Gasteiger partial charge in [-0.1, -0.05) is 13.8 Å². The zero-order valence-electron chi connectivity index (χ0n) is 12.3. The topological polar surface area (TPSA) is 65.0 Å². The molecule has 5 nitrogen and oxygen atoms in total. The van der Waals surface area contributed by atoms with E-state index in [9.17, 15) is 9.90 Å². The highest BCUT2D eigenvalue weighted by Gasteiger charge is 2.55. The molecule has 1 heterocycles. The fourth-order valence-electron chi connectivity index (χ4n) is 3.60. The number of carbonyl (C=O) groups is 1. The molecule has 1 N–H and O–H groups in total. The van der Waals surface area contributed by atoms with E-state index in [-0.39, 0.29) is 23.0 Å². The predicted octanol–water partition coefficient (Wildman–Crippen LogP) is 2.17. The van der Waals surface area contributed by atoms with Crippen LogP contribution in [0.15, 0.2) is 11.3 Å². The maximum atomic E-state index is 11.8. The van der Waals surface area contributed by atoms with Gasteiger partial charge in [-0.05, 0) is 5.92 Å². The van der Waals surface area contributed by atoms with Gasteiger partial charge in [0, 0.05) is 30.6 Å². The highest BCUT2D eigenvalue weighted by atomic mass is 16.7. The first kappa shape index (κ1) is 13.9. The van der Waals surface area contributed by atoms with Crippen molar-refractivity contribution in [2.24, 2.45) is 17.3 Å². The van der Waals surface area contributed by atoms with E-state index in [2.05, 4.69) is 13.8 Å². The maximum Gasteiger partial charge on any atom is 0.337 e. The monoisotopic (exact) mass is 282 g/mol. The van der Waals surface area contributed by atoms with Gasteiger partial charge in [-0.3, -0.25) is 0 Å². The molecule has 3 rings (SSSR count). The molecular formula is C15H22O5. The number of ether oxygens (including phenoxy) is 3. The highest BCUT2D eigenvalue weighted by molar-refractivity contribution is 5.90. The molecule has 0 aromatic rings. The van der Waals surface area contributed by atoms with E-state index in [0.717, 1.165) is 6.42 Å². The van der Waals surface area contributed by atoms with Gasteiger partial charge in [0.1, 0.15) is 5.76 Å². The summed E-state index contributed by atoms with van der Waals surface area (Å²) in [5.74, 6) is -0.625. The molecule has 2 fully saturated rings. The summed E-state index contributed by atoms with van der Waals surface area (Å²) >= 11 is 0. The fraction of sp³-hybridized carbons (Fsp3) is 0.800. The summed E-state index contributed by atoms with van der Waals surface area (Å²) < 4.78 is 16.8. The minimum absolute atomic E-state index is 0.0105. The summed E-state index contributed by atoms with van der Waals surface area (Å²) in [5, 5.41) is 9.96. The van der Waals surface area contributed by atoms with E-state index < -0.39 is 11.8 Å². The van der Waals surface area contributed by atoms with E-state index in [4.69, 9.17) is 14.2 Å². The molecule has 1 saturated carbocycles. The van der Waals surface area contributed by atoms with E-state index in [1.165, 1.54) is 7.11 Å². The molecule has 3 aliphatic rings. The Labute approximate surface area is 118 Å². The Hall–Kier alpha value is -1.07. The van der Waals surface area contributed by atoms with Crippen LogP contribution in [0.2, 0.25) is 0 Å². The van der Waals surface area contributed by atoms with Crippen LogP contribution >= 0.6 is 0 Å². The Morgan fingerprint density at radius 1 is 1.30 bits per heavy atom. The Kier molecular flexibility index (Phi) is 3.10. The second-order valence-electron chi connectivity index (χ2n) is 6.98. The van der Waals surface area contributed by atoms with Crippen LogP contribution in [0, 0.1) is 17.3 Å². The largest absolute Gasteiger partial charge is 0.512 e. The van der Waals surface area contributed by atoms with E-state index >= 15 is 0 Å². The zero-order chi connectivity index (χ0) is 14.5. The molecule has 1 saturated heterocycles. The zero-order valence-corrected chi connectivity index (χ0v) is 12.3. The summed E-state index contributed by atoms with van der Waals surface area (Å²) in [6.07, 6.45) is 1.88. The van der Waals surface area contributed by atoms with Gasteiger partial charge in [0.05, 0.1) is 25.9 Å². The minimum atomic E-state index is -0.579. The first-order valence-corrected chi connectivity index (χ1v) is 7.14. The smallest absolute Gasteiger partial charge is 0.337 e. The third kappa shape index (κ3) is 2.13. The van der Waals surface area contributed by atoms with E-state index in [1.807, 2.05) is 0 Å². The van der Waals surface area contributed by atoms with Gasteiger partial charge in [0.2, 0.25) is 0 Å². The second-order valence-corrected chi connectivity index (χ2v) is 6.98. The lowest BCUT2D eigenvalue weighted by atomic mass is 9.93. The van der Waals surface area contributed by atoms with Crippen LogP contribution in [0.25, 0.3) is 0 Å². The number of rotatable bonds is 1. The number of hydrogen-bond acceptors (Lipinski definition) is 5. The number of carbonyl (C=O) groups excluding carboxylic acids is 1. The van der Waals surface area contributed by atoms with Crippen LogP contribution in [0.5, 0.6) is 0 Å². The lowest BCUT2D eigenvalue weighted by Gasteiger charge is -2.42. The first-order chi connectivity index (χ1) is 9.36. The van der Waals surface area contributed by atoms with Crippen LogP contribution in [0.4, 0.5) is 0 Å². The van der Waals surface area contributed by atoms with Crippen LogP contribution in [-0.4, -0.2) is 37.2 Å². The lowest BCUT2D eigenvalue weighted by molar-refractivity contribution is -0.296. The Morgan fingerprint density at radius 3 is 2.55 bits per heavy atom. The van der Waals surface area contributed by atoms with E-state index in [0.29, 0.717) is 31.6 Å². The van der Waals surface area contributed by atoms with Gasteiger partial charge < -0.3 is 19.3 Å². The van der Waals surface area contributed by atoms with Gasteiger partial charge in [-0.25, -0.2) is 4.79 Å². The SMILES string of the molecule is COC(=O)C1=C(O)C[C@@H]2CC3(C[C@@H]12)OCC(C)(C)CO3. The van der Waals surface area contributed by atoms with Crippen molar-refractivity contribution in [3.63, 3.8) is 0 Å². The van der Waals surface area contributed by atoms with Gasteiger partial charge in [0.25, 0.3) is 0 Å². The van der Waals surface area contributed by atoms with Crippen LogP contribution in [-0.2, 0) is 19.0 Å². The molecule has 1 aliphatic heterocycles. The summed E-state index contributed by atoms with van der Waals surface area (Å²) in [7, 11) is 1.34. The first-order valence-electron chi connectivity index (χ1n) is 7.14. The van der Waals surface area contributed by atoms with Crippen molar-refractivity contribution in [1.82, 2.24) is 0 Å². The molecule has 0 unspecified atom stereocenters. The number of allylic oxidation sites excluding steroid dienone is 1. The molecule has 112 valence electrons. The van der Waals surface area contributed by atoms with Crippen molar-refractivity contribution < 1.29 is 24.1 Å². The van der Waals surface area contributed by atoms with Crippen molar-refractivity contribution in [2.45, 2.75) is 38.9 Å². The molecule has 0 amide bonds. The van der Waals surface area contributed by atoms with Crippen LogP contribution < -0.4 is 0 Å². The number of methoxy groups -OCH3 is 1. The lowest BCUT2D eigenvalue weighted by Crippen LogP contribution is -2.46. The van der Waals surface area contributed by atoms with Crippen LogP contribution in [0.3, 0.4) is 0 Å². The molecule has 0 radical (unpaired) electrons. The summed E-state index contributed by atoms with van der Waals surface area (Å²) in [5.41, 5.74) is 0.456. The molecular weight excluding hydrogens is 260 g/mol. The number of aliphatic hydroxyl groups is 1. The number of esters is 1. The maximum absolute atomic E-state index is 11.8. The Morgan fingerprint density at radius 2 is 1.95 bits per heavy atom. The third-order valence-electron chi connectivity index (χ3n) is 4.67. The highest BCUT2D eigenvalue weighted by Crippen LogP contribution is 2.54. The molecule has 5 heteroatoms. The minimum Gasteiger partial charge on any atom is -0.512 e. The molecule has 0 aromatic carbocycles. The standard InChI is InChI=1S/C15H22O5/c1-14(2)7-19-15(20-8-14)5-9-4-11(16)12(10(9)6-15)13(17)18-3/h9-10,16H,4-8H2,1-3H3/t9-,10-/m1/s1. The van der Waals surface area contributed by atoms with Crippen molar-refractivity contribution in [3.8, 4) is 0 Å². The molecule has 0 aromatic heterocycles. The number of aliphatic hydroxyl groups excluding tert-OH is 1. The van der Waals surface area contributed by atoms with E-state index in [1.54, 1.807) is 0 Å². The van der Waals surface area contributed by atoms with Crippen molar-refractivity contribution in [3.05, 3.63) is 11.3 Å². The van der Waals surface area contributed by atoms with Gasteiger partial charge in [-0.2, -0.15) is 0 Å². The average molecular weight is 282 g/mol. The molecule has 2 aliphatic carbocycles. The Bertz CT molecular complexity index is 455. The number of fused-ring (bicyclic) bond motifs is 1. The summed E-state index contributed by atoms with van der Waals surface area (Å²) in [6.45, 7) is 5.55. The molecule has 1 spiro atoms. The van der Waals surface area contributed by atoms with Crippen molar-refractivity contribution >= 4 is 5.97 Å². The molecule has 20 heavy (non-hydrogen) atoms. The Balaban J connectivity index is 1.77. The average Bonchev–Trinajstić information content (AvgIpc) is 2.86. The predicted molar refractivity (Wildman–Crippen MR) is 70.9 cm³/mol. The fourth-order valence-corrected chi connectivity index (χ4v) is 3.60. The third-order valence-corrected chi connectivity index (χ3v) is 4.67. The van der Waals surface area contributed by atoms with Gasteiger partial charge in [-0.15, -0.1) is 0 Å². The van der Waals surface area contributed by atoms with Crippen molar-refractivity contribution in [2.75, 3.05) is 20.3 Å². The molecule has 2 atom stereocenters. The number of hydrogen-bond donors (Lipinski definition) is 1. The molecule has 0 bridgehead atoms. The normalized spacial score (nSPS) is 34.4. The quantitative estimate of drug-likeness (QED) is 0.747. The summed E-state index contributed by atoms with van der Waals surface area (Å²) in [6, 6.07) is 0. The van der Waals surface area contributed by atoms with Gasteiger partial charge >= 0.3 is 5.97 Å². The summed E-state index contributed by atoms with van der Waals surface area (Å²) in [4.78, 5) is 11.8. The van der Waals surface area contributed by atoms with Crippen molar-refractivity contribution in [1.29, 1.82) is 0 Å². The van der Waals surface area contributed by atoms with Crippen LogP contribution in [0.1, 0.15) is 33.1 Å². The van der Waals surface area contributed by atoms with Gasteiger partial charge in [0.15, 0.2) is 5.79 Å².